The zero-order valence-electron chi connectivity index (χ0n) is 96.9. The van der Waals surface area contributed by atoms with Crippen molar-refractivity contribution in [3.63, 3.8) is 0 Å². The van der Waals surface area contributed by atoms with Crippen molar-refractivity contribution in [2.75, 3.05) is 19.6 Å². The van der Waals surface area contributed by atoms with Crippen molar-refractivity contribution in [1.82, 2.24) is 0 Å². The summed E-state index contributed by atoms with van der Waals surface area (Å²) in [4.78, 5) is 9.91. The fourth-order valence-corrected chi connectivity index (χ4v) is 24.3. The van der Waals surface area contributed by atoms with Gasteiger partial charge in [0.2, 0.25) is 20.1 Å². The van der Waals surface area contributed by atoms with E-state index in [1.165, 1.54) is 132 Å². The van der Waals surface area contributed by atoms with Crippen LogP contribution in [0.5, 0.6) is 0 Å². The zero-order valence-corrected chi connectivity index (χ0v) is 98.9. The van der Waals surface area contributed by atoms with Crippen molar-refractivity contribution in [1.29, 1.82) is 0 Å². The van der Waals surface area contributed by atoms with Gasteiger partial charge in [-0.3, -0.25) is 0 Å². The van der Waals surface area contributed by atoms with Crippen LogP contribution in [0.4, 0.5) is 68.2 Å². The summed E-state index contributed by atoms with van der Waals surface area (Å²) in [6, 6.07) is 130. The SMILES string of the molecule is CC(C)c1cc(C(C)C)c(B(c2ccc(N(c3ccc(B(c4ccc(N(c5ccc(C(C)(C)C)cc5)c5ccc([Si](C)(C)C)cc5)cc4)c4c(C(C)C)cc(C(C)C)cc4C(C)C)cc3)c3ccc(C(C)(C)C)cc3)cc2)c2ccc(N(c3ccc(B(c4ccc(N(c5ccc(C(C)(C)C)cc5)c5ccc([Si](C)(C)C)cc5)cc4)c4c(C(C)C)cc(C(C)C)cc4C(C)C)cc3)c3ccc(C(C)(C)C)cc3)cc2)c(C(C)C)c1. The quantitative estimate of drug-likeness (QED) is 0.0390. The van der Waals surface area contributed by atoms with Gasteiger partial charge in [-0.05, 0) is 293 Å². The van der Waals surface area contributed by atoms with Crippen molar-refractivity contribution in [3.05, 3.63) is 400 Å². The van der Waals surface area contributed by atoms with Crippen LogP contribution in [0.2, 0.25) is 39.3 Å². The van der Waals surface area contributed by atoms with Crippen LogP contribution < -0.4 is 79.1 Å². The van der Waals surface area contributed by atoms with E-state index in [-0.39, 0.29) is 77.3 Å². The van der Waals surface area contributed by atoms with Crippen LogP contribution in [0.3, 0.4) is 0 Å². The number of rotatable bonds is 32. The molecule has 0 amide bonds. The molecular weight excluding hydrogens is 1810 g/mol. The third kappa shape index (κ3) is 24.4. The number of hydrogen-bond donors (Lipinski definition) is 0. The number of benzene rings is 15. The van der Waals surface area contributed by atoms with Crippen LogP contribution in [0.15, 0.2) is 328 Å². The fraction of sp³-hybridized carbons (Fsp3) is 0.353. The maximum atomic E-state index is 2.55. The first kappa shape index (κ1) is 110. The second kappa shape index (κ2) is 44.3. The molecule has 0 aliphatic carbocycles. The van der Waals surface area contributed by atoms with E-state index >= 15 is 0 Å². The summed E-state index contributed by atoms with van der Waals surface area (Å²) in [7, 11) is -3.15. The molecule has 0 radical (unpaired) electrons. The fourth-order valence-electron chi connectivity index (χ4n) is 22.0. The minimum atomic E-state index is -1.57. The minimum absolute atomic E-state index is 0.0251. The predicted octanol–water partition coefficient (Wildman–Crippen LogP) is 33.5. The molecule has 148 heavy (non-hydrogen) atoms. The van der Waals surface area contributed by atoms with Gasteiger partial charge < -0.3 is 19.6 Å². The van der Waals surface area contributed by atoms with E-state index in [1.54, 1.807) is 0 Å². The molecule has 0 spiro atoms. The van der Waals surface area contributed by atoms with Gasteiger partial charge in [-0.15, -0.1) is 0 Å². The predicted molar refractivity (Wildman–Crippen MR) is 665 cm³/mol. The third-order valence-corrected chi connectivity index (χ3v) is 35.4. The number of hydrogen-bond acceptors (Lipinski definition) is 4. The van der Waals surface area contributed by atoms with Crippen molar-refractivity contribution in [2.24, 2.45) is 0 Å². The normalized spacial score (nSPS) is 12.5. The molecule has 4 nitrogen and oxygen atoms in total. The summed E-state index contributed by atoms with van der Waals surface area (Å²) in [5, 5.41) is 2.91. The van der Waals surface area contributed by atoms with Gasteiger partial charge >= 0.3 is 0 Å². The van der Waals surface area contributed by atoms with Crippen molar-refractivity contribution in [2.45, 2.75) is 322 Å². The van der Waals surface area contributed by atoms with Crippen molar-refractivity contribution in [3.8, 4) is 0 Å². The molecule has 764 valence electrons. The molecule has 0 bridgehead atoms. The van der Waals surface area contributed by atoms with Gasteiger partial charge in [0, 0.05) is 68.2 Å². The summed E-state index contributed by atoms with van der Waals surface area (Å²) >= 11 is 0. The Labute approximate surface area is 898 Å². The third-order valence-electron chi connectivity index (χ3n) is 31.3. The molecule has 0 aliphatic rings. The molecule has 0 heterocycles. The van der Waals surface area contributed by atoms with Gasteiger partial charge in [-0.1, -0.05) is 489 Å². The van der Waals surface area contributed by atoms with Gasteiger partial charge in [-0.25, -0.2) is 0 Å². The first-order chi connectivity index (χ1) is 69.6. The highest BCUT2D eigenvalue weighted by Crippen LogP contribution is 2.44. The molecule has 9 heteroatoms. The molecule has 0 saturated heterocycles. The highest BCUT2D eigenvalue weighted by Gasteiger charge is 2.37. The van der Waals surface area contributed by atoms with E-state index < -0.39 is 16.1 Å². The molecule has 0 atom stereocenters. The average molecular weight is 1990 g/mol. The Kier molecular flexibility index (Phi) is 33.0. The maximum absolute atomic E-state index is 2.55. The Morgan fingerprint density at radius 1 is 0.169 bits per heavy atom. The van der Waals surface area contributed by atoms with E-state index in [0.29, 0.717) is 17.8 Å². The van der Waals surface area contributed by atoms with E-state index in [2.05, 4.69) is 594 Å². The Balaban J connectivity index is 0.861. The molecule has 0 unspecified atom stereocenters. The Morgan fingerprint density at radius 2 is 0.291 bits per heavy atom. The van der Waals surface area contributed by atoms with Gasteiger partial charge in [-0.2, -0.15) is 0 Å². The molecule has 15 rings (SSSR count). The lowest BCUT2D eigenvalue weighted by Crippen LogP contribution is -2.55. The van der Waals surface area contributed by atoms with Crippen LogP contribution >= 0.6 is 0 Å². The average Bonchev–Trinajstić information content (AvgIpc) is 0.757. The molecule has 0 N–H and O–H groups in total. The van der Waals surface area contributed by atoms with Gasteiger partial charge in [0.25, 0.3) is 0 Å². The van der Waals surface area contributed by atoms with Crippen LogP contribution in [-0.4, -0.2) is 36.3 Å². The molecular formula is C139H171B3N4Si2. The van der Waals surface area contributed by atoms with Gasteiger partial charge in [0.1, 0.15) is 0 Å². The lowest BCUT2D eigenvalue weighted by atomic mass is 9.34. The highest BCUT2D eigenvalue weighted by atomic mass is 28.3. The first-order valence-corrected chi connectivity index (χ1v) is 62.6. The smallest absolute Gasteiger partial charge is 0.241 e. The standard InChI is InChI=1S/C139H171B3N4Si2/c1-91(2)100-85-127(94(7)8)133(128(86-100)95(9)10)140(107-45-65-117(66-46-107)143(113-57-37-103(38-58-113)136(19,20)21)119-69-49-109(50-70-119)141(134-129(96(11)12)87-101(92(3)4)88-130(134)97(13)14)111-53-73-121(74-54-111)145(115-61-41-105(42-62-115)138(25,26)27)123-77-81-125(82-78-123)147(31,32)33)108-47-67-118(68-48-108)144(114-59-39-104(40-60-114)137(22,23)24)120-71-51-110(52-72-120)142(135-131(98(15)16)89-102(93(5)6)90-132(135)99(17)18)112-55-75-122(76-56-112)146(116-63-43-106(44-64-116)139(28,29)30)124-79-83-126(84-80-124)148(34,35)36/h37-99H,1-36H3. The van der Waals surface area contributed by atoms with E-state index in [9.17, 15) is 0 Å². The van der Waals surface area contributed by atoms with Crippen LogP contribution in [0.1, 0.15) is 333 Å². The Morgan fingerprint density at radius 3 is 0.399 bits per heavy atom. The second-order valence-corrected chi connectivity index (χ2v) is 61.9. The van der Waals surface area contributed by atoms with E-state index in [0.717, 1.165) is 68.2 Å². The van der Waals surface area contributed by atoms with Crippen molar-refractivity contribution >= 4 is 164 Å². The largest absolute Gasteiger partial charge is 0.311 e. The maximum Gasteiger partial charge on any atom is 0.241 e. The summed E-state index contributed by atoms with van der Waals surface area (Å²) in [5.41, 5.74) is 43.2. The zero-order chi connectivity index (χ0) is 107. The van der Waals surface area contributed by atoms with Crippen LogP contribution in [-0.2, 0) is 21.7 Å². The molecule has 0 aromatic heterocycles. The monoisotopic (exact) mass is 1990 g/mol. The van der Waals surface area contributed by atoms with Gasteiger partial charge in [0.05, 0.1) is 16.1 Å². The van der Waals surface area contributed by atoms with Crippen LogP contribution in [0, 0.1) is 0 Å². The van der Waals surface area contributed by atoms with Gasteiger partial charge in [0.15, 0.2) is 0 Å². The van der Waals surface area contributed by atoms with E-state index in [1.807, 2.05) is 0 Å². The lowest BCUT2D eigenvalue weighted by Gasteiger charge is -2.31. The number of nitrogens with zero attached hydrogens (tertiary/aromatic N) is 4. The summed E-state index contributed by atoms with van der Waals surface area (Å²) in [5.74, 6) is 2.73. The Hall–Kier alpha value is -11.9. The molecule has 0 aliphatic heterocycles. The van der Waals surface area contributed by atoms with E-state index in [4.69, 9.17) is 0 Å². The highest BCUT2D eigenvalue weighted by molar-refractivity contribution is 6.97. The topological polar surface area (TPSA) is 13.0 Å². The minimum Gasteiger partial charge on any atom is -0.311 e. The van der Waals surface area contributed by atoms with Crippen molar-refractivity contribution < 1.29 is 0 Å². The molecule has 0 fully saturated rings. The van der Waals surface area contributed by atoms with Crippen LogP contribution in [0.25, 0.3) is 0 Å². The summed E-state index contributed by atoms with van der Waals surface area (Å²) < 4.78 is 0. The first-order valence-electron chi connectivity index (χ1n) is 55.6. The lowest BCUT2D eigenvalue weighted by molar-refractivity contribution is 0.590. The summed E-state index contributed by atoms with van der Waals surface area (Å²) in [6.45, 7) is 85.1. The summed E-state index contributed by atoms with van der Waals surface area (Å²) in [6.07, 6.45) is 0. The Bertz CT molecular complexity index is 6420. The molecule has 0 saturated carbocycles. The molecule has 15 aromatic carbocycles. The second-order valence-electron chi connectivity index (χ2n) is 51.7. The number of anilines is 12. The molecule has 15 aromatic rings.